The normalized spacial score (nSPS) is 11.8. The van der Waals surface area contributed by atoms with Crippen LogP contribution in [0.15, 0.2) is 49.2 Å². The van der Waals surface area contributed by atoms with Gasteiger partial charge in [-0.25, -0.2) is 9.67 Å². The largest absolute Gasteiger partial charge is 0.496 e. The molecule has 0 radical (unpaired) electrons. The Morgan fingerprint density at radius 2 is 1.83 bits per heavy atom. The van der Waals surface area contributed by atoms with Crippen molar-refractivity contribution >= 4 is 17.2 Å². The summed E-state index contributed by atoms with van der Waals surface area (Å²) in [6.45, 7) is 7.59. The summed E-state index contributed by atoms with van der Waals surface area (Å²) in [5.74, 6) is -0.591. The van der Waals surface area contributed by atoms with Crippen LogP contribution in [0.4, 0.5) is 18.9 Å². The molecular weight excluding hydrogens is 549 g/mol. The molecular formula is C29H29F3N8O2. The Hall–Kier alpha value is -4.81. The standard InChI is InChI=1S/C29H29F3N8O2/c1-16(2)6-7-19-8-21(10-22(27(19)42-5)29(30,31)32)36-28(41)20-9-24(18(4)34-11-20)40-15-23(37-38-40)25-12-35-26-13-33-17(3)14-39(25)26/h8-16H,6-7H2,1-5H3,(H,36,41). The van der Waals surface area contributed by atoms with Gasteiger partial charge in [-0.15, -0.1) is 5.10 Å². The van der Waals surface area contributed by atoms with E-state index in [0.717, 1.165) is 11.8 Å². The number of amides is 1. The van der Waals surface area contributed by atoms with Crippen LogP contribution >= 0.6 is 0 Å². The molecule has 0 fully saturated rings. The molecule has 0 aliphatic carbocycles. The fraction of sp³-hybridized carbons (Fsp3) is 0.310. The van der Waals surface area contributed by atoms with E-state index in [1.165, 1.54) is 24.1 Å². The number of nitrogens with one attached hydrogen (secondary N) is 1. The van der Waals surface area contributed by atoms with Crippen LogP contribution in [-0.2, 0) is 12.6 Å². The maximum absolute atomic E-state index is 13.9. The van der Waals surface area contributed by atoms with Gasteiger partial charge in [0.05, 0.1) is 59.6 Å². The van der Waals surface area contributed by atoms with Crippen LogP contribution in [0.3, 0.4) is 0 Å². The van der Waals surface area contributed by atoms with Gasteiger partial charge in [-0.2, -0.15) is 13.2 Å². The lowest BCUT2D eigenvalue weighted by atomic mass is 9.98. The van der Waals surface area contributed by atoms with Crippen molar-refractivity contribution in [3.8, 4) is 22.8 Å². The molecule has 13 heteroatoms. The van der Waals surface area contributed by atoms with Crippen molar-refractivity contribution in [3.05, 3.63) is 77.3 Å². The van der Waals surface area contributed by atoms with E-state index >= 15 is 0 Å². The van der Waals surface area contributed by atoms with Gasteiger partial charge in [0, 0.05) is 18.1 Å². The Morgan fingerprint density at radius 3 is 2.55 bits per heavy atom. The number of aryl methyl sites for hydroxylation is 3. The summed E-state index contributed by atoms with van der Waals surface area (Å²) in [4.78, 5) is 26.2. The van der Waals surface area contributed by atoms with Crippen molar-refractivity contribution in [2.45, 2.75) is 46.7 Å². The van der Waals surface area contributed by atoms with Gasteiger partial charge < -0.3 is 10.1 Å². The SMILES string of the molecule is COc1c(CCC(C)C)cc(NC(=O)c2cnc(C)c(-n3cc(-c4cnc5cnc(C)cn45)nn3)c2)cc1C(F)(F)F. The van der Waals surface area contributed by atoms with Crippen LogP contribution in [0.25, 0.3) is 22.7 Å². The highest BCUT2D eigenvalue weighted by Gasteiger charge is 2.36. The number of pyridine rings is 1. The second kappa shape index (κ2) is 11.2. The molecule has 0 atom stereocenters. The second-order valence-corrected chi connectivity index (χ2v) is 10.4. The van der Waals surface area contributed by atoms with Crippen LogP contribution in [-0.4, -0.2) is 47.4 Å². The molecule has 0 spiro atoms. The minimum absolute atomic E-state index is 0.00874. The molecule has 1 aromatic carbocycles. The second-order valence-electron chi connectivity index (χ2n) is 10.4. The third-order valence-corrected chi connectivity index (χ3v) is 6.77. The number of benzene rings is 1. The number of hydrogen-bond acceptors (Lipinski definition) is 7. The highest BCUT2D eigenvalue weighted by atomic mass is 19.4. The number of hydrogen-bond donors (Lipinski definition) is 1. The first-order valence-electron chi connectivity index (χ1n) is 13.2. The zero-order valence-electron chi connectivity index (χ0n) is 23.7. The molecule has 0 bridgehead atoms. The molecule has 0 saturated heterocycles. The highest BCUT2D eigenvalue weighted by Crippen LogP contribution is 2.41. The summed E-state index contributed by atoms with van der Waals surface area (Å²) in [7, 11) is 1.21. The lowest BCUT2D eigenvalue weighted by Crippen LogP contribution is -2.16. The molecule has 4 heterocycles. The fourth-order valence-electron chi connectivity index (χ4n) is 4.60. The van der Waals surface area contributed by atoms with Crippen molar-refractivity contribution in [2.24, 2.45) is 5.92 Å². The van der Waals surface area contributed by atoms with E-state index in [1.807, 2.05) is 31.4 Å². The fourth-order valence-corrected chi connectivity index (χ4v) is 4.60. The first kappa shape index (κ1) is 28.7. The van der Waals surface area contributed by atoms with Crippen molar-refractivity contribution in [1.82, 2.24) is 34.3 Å². The Labute approximate surface area is 239 Å². The maximum Gasteiger partial charge on any atom is 0.420 e. The summed E-state index contributed by atoms with van der Waals surface area (Å²) >= 11 is 0. The molecule has 0 aliphatic rings. The van der Waals surface area contributed by atoms with E-state index in [0.29, 0.717) is 46.8 Å². The molecule has 5 rings (SSSR count). The number of carbonyl (C=O) groups is 1. The first-order valence-corrected chi connectivity index (χ1v) is 13.2. The smallest absolute Gasteiger partial charge is 0.420 e. The van der Waals surface area contributed by atoms with E-state index in [2.05, 4.69) is 30.6 Å². The molecule has 0 unspecified atom stereocenters. The summed E-state index contributed by atoms with van der Waals surface area (Å²) in [6.07, 6.45) is 4.56. The number of halogens is 3. The number of ether oxygens (including phenoxy) is 1. The van der Waals surface area contributed by atoms with Gasteiger partial charge in [0.1, 0.15) is 11.4 Å². The van der Waals surface area contributed by atoms with E-state index in [4.69, 9.17) is 4.74 Å². The third kappa shape index (κ3) is 5.80. The number of methoxy groups -OCH3 is 1. The van der Waals surface area contributed by atoms with E-state index < -0.39 is 17.6 Å². The zero-order chi connectivity index (χ0) is 30.2. The summed E-state index contributed by atoms with van der Waals surface area (Å²) < 4.78 is 50.3. The molecule has 1 amide bonds. The van der Waals surface area contributed by atoms with Crippen molar-refractivity contribution in [1.29, 1.82) is 0 Å². The summed E-state index contributed by atoms with van der Waals surface area (Å²) in [5, 5.41) is 11.1. The molecule has 218 valence electrons. The summed E-state index contributed by atoms with van der Waals surface area (Å²) in [5.41, 5.74) is 3.32. The molecule has 0 aliphatic heterocycles. The van der Waals surface area contributed by atoms with Gasteiger partial charge in [-0.3, -0.25) is 19.2 Å². The molecule has 0 saturated carbocycles. The Balaban J connectivity index is 1.45. The van der Waals surface area contributed by atoms with E-state index in [-0.39, 0.29) is 22.9 Å². The summed E-state index contributed by atoms with van der Waals surface area (Å²) in [6, 6.07) is 3.97. The minimum atomic E-state index is -4.67. The lowest BCUT2D eigenvalue weighted by molar-refractivity contribution is -0.138. The molecule has 1 N–H and O–H groups in total. The Morgan fingerprint density at radius 1 is 1.05 bits per heavy atom. The average Bonchev–Trinajstić information content (AvgIpc) is 3.58. The van der Waals surface area contributed by atoms with Gasteiger partial charge in [-0.05, 0) is 56.4 Å². The van der Waals surface area contributed by atoms with Gasteiger partial charge in [0.15, 0.2) is 5.65 Å². The van der Waals surface area contributed by atoms with Crippen LogP contribution in [0, 0.1) is 19.8 Å². The Kier molecular flexibility index (Phi) is 7.67. The molecule has 10 nitrogen and oxygen atoms in total. The number of anilines is 1. The number of alkyl halides is 3. The van der Waals surface area contributed by atoms with Crippen molar-refractivity contribution < 1.29 is 22.7 Å². The number of imidazole rings is 1. The van der Waals surface area contributed by atoms with E-state index in [9.17, 15) is 18.0 Å². The maximum atomic E-state index is 13.9. The topological polar surface area (TPSA) is 112 Å². The predicted molar refractivity (Wildman–Crippen MR) is 150 cm³/mol. The van der Waals surface area contributed by atoms with Gasteiger partial charge >= 0.3 is 6.18 Å². The minimum Gasteiger partial charge on any atom is -0.496 e. The predicted octanol–water partition coefficient (Wildman–Crippen LogP) is 5.86. The number of carbonyl (C=O) groups excluding carboxylic acids is 1. The molecule has 5 aromatic rings. The van der Waals surface area contributed by atoms with Crippen molar-refractivity contribution in [3.63, 3.8) is 0 Å². The quantitative estimate of drug-likeness (QED) is 0.246. The Bertz CT molecular complexity index is 1770. The average molecular weight is 579 g/mol. The number of nitrogens with zero attached hydrogens (tertiary/aromatic N) is 7. The number of rotatable bonds is 8. The van der Waals surface area contributed by atoms with Crippen LogP contribution in [0.2, 0.25) is 0 Å². The van der Waals surface area contributed by atoms with Crippen LogP contribution in [0.5, 0.6) is 5.75 Å². The number of fused-ring (bicyclic) bond motifs is 1. The van der Waals surface area contributed by atoms with Crippen LogP contribution < -0.4 is 10.1 Å². The highest BCUT2D eigenvalue weighted by molar-refractivity contribution is 6.04. The first-order chi connectivity index (χ1) is 19.9. The van der Waals surface area contributed by atoms with Gasteiger partial charge in [0.2, 0.25) is 0 Å². The van der Waals surface area contributed by atoms with Gasteiger partial charge in [0.25, 0.3) is 5.91 Å². The third-order valence-electron chi connectivity index (χ3n) is 6.77. The van der Waals surface area contributed by atoms with Crippen LogP contribution in [0.1, 0.15) is 53.1 Å². The zero-order valence-corrected chi connectivity index (χ0v) is 23.7. The van der Waals surface area contributed by atoms with Crippen molar-refractivity contribution in [2.75, 3.05) is 12.4 Å². The van der Waals surface area contributed by atoms with Gasteiger partial charge in [-0.1, -0.05) is 19.1 Å². The molecule has 42 heavy (non-hydrogen) atoms. The lowest BCUT2D eigenvalue weighted by Gasteiger charge is -2.19. The monoisotopic (exact) mass is 578 g/mol. The van der Waals surface area contributed by atoms with E-state index in [1.54, 1.807) is 31.6 Å². The number of aromatic nitrogens is 7. The molecule has 4 aromatic heterocycles.